The van der Waals surface area contributed by atoms with Crippen molar-refractivity contribution in [1.82, 2.24) is 10.2 Å². The molecule has 2 amide bonds. The van der Waals surface area contributed by atoms with Crippen molar-refractivity contribution in [3.05, 3.63) is 95.1 Å². The van der Waals surface area contributed by atoms with E-state index in [1.165, 1.54) is 0 Å². The zero-order valence-corrected chi connectivity index (χ0v) is 20.3. The molecular weight excluding hydrogens is 440 g/mol. The first-order valence-electron chi connectivity index (χ1n) is 12.2. The van der Waals surface area contributed by atoms with Gasteiger partial charge in [-0.15, -0.1) is 0 Å². The van der Waals surface area contributed by atoms with E-state index in [0.717, 1.165) is 22.4 Å². The summed E-state index contributed by atoms with van der Waals surface area (Å²) in [6, 6.07) is 22.7. The maximum atomic E-state index is 13.4. The van der Waals surface area contributed by atoms with Crippen molar-refractivity contribution in [2.24, 2.45) is 0 Å². The van der Waals surface area contributed by atoms with Crippen molar-refractivity contribution >= 4 is 11.8 Å². The molecule has 0 fully saturated rings. The number of fused-ring (bicyclic) bond motifs is 1. The van der Waals surface area contributed by atoms with E-state index in [1.54, 1.807) is 4.90 Å². The van der Waals surface area contributed by atoms with Gasteiger partial charge in [-0.05, 0) is 55.2 Å². The standard InChI is InChI=1S/C29H32N2O4/c1-3-34-26-15-14-22(19-27(26)35-4-2)16-17-30-28(32)25(18-21-10-6-5-7-11-21)31-20-23-12-8-9-13-24(23)29(31)33/h5-15,19,25H,3-4,16-18,20H2,1-2H3,(H,30,32). The van der Waals surface area contributed by atoms with E-state index >= 15 is 0 Å². The molecule has 3 aromatic carbocycles. The van der Waals surface area contributed by atoms with Crippen molar-refractivity contribution in [2.75, 3.05) is 19.8 Å². The van der Waals surface area contributed by atoms with Crippen molar-refractivity contribution in [3.63, 3.8) is 0 Å². The Labute approximate surface area is 206 Å². The van der Waals surface area contributed by atoms with Gasteiger partial charge in [0.2, 0.25) is 5.91 Å². The summed E-state index contributed by atoms with van der Waals surface area (Å²) in [6.07, 6.45) is 1.11. The zero-order valence-electron chi connectivity index (χ0n) is 20.3. The predicted molar refractivity (Wildman–Crippen MR) is 136 cm³/mol. The fraction of sp³-hybridized carbons (Fsp3) is 0.310. The highest BCUT2D eigenvalue weighted by molar-refractivity contribution is 6.01. The van der Waals surface area contributed by atoms with Gasteiger partial charge in [-0.2, -0.15) is 0 Å². The summed E-state index contributed by atoms with van der Waals surface area (Å²) in [5.41, 5.74) is 3.70. The van der Waals surface area contributed by atoms with Gasteiger partial charge >= 0.3 is 0 Å². The molecule has 6 heteroatoms. The van der Waals surface area contributed by atoms with E-state index in [1.807, 2.05) is 86.6 Å². The van der Waals surface area contributed by atoms with E-state index in [9.17, 15) is 9.59 Å². The molecule has 1 aliphatic heterocycles. The molecule has 0 spiro atoms. The molecule has 0 radical (unpaired) electrons. The Morgan fingerprint density at radius 1 is 0.914 bits per heavy atom. The summed E-state index contributed by atoms with van der Waals surface area (Å²) in [4.78, 5) is 28.2. The van der Waals surface area contributed by atoms with Gasteiger partial charge < -0.3 is 19.7 Å². The fourth-order valence-electron chi connectivity index (χ4n) is 4.41. The van der Waals surface area contributed by atoms with Crippen LogP contribution in [0.25, 0.3) is 0 Å². The highest BCUT2D eigenvalue weighted by Crippen LogP contribution is 2.29. The van der Waals surface area contributed by atoms with Crippen LogP contribution in [0.1, 0.15) is 40.9 Å². The van der Waals surface area contributed by atoms with Gasteiger partial charge in [0.1, 0.15) is 6.04 Å². The minimum absolute atomic E-state index is 0.0930. The number of nitrogens with zero attached hydrogens (tertiary/aromatic N) is 1. The lowest BCUT2D eigenvalue weighted by Crippen LogP contribution is -2.48. The lowest BCUT2D eigenvalue weighted by Gasteiger charge is -2.27. The molecule has 0 aromatic heterocycles. The third-order valence-corrected chi connectivity index (χ3v) is 6.12. The van der Waals surface area contributed by atoms with Crippen LogP contribution in [-0.4, -0.2) is 42.5 Å². The second kappa shape index (κ2) is 11.6. The van der Waals surface area contributed by atoms with Gasteiger partial charge in [-0.3, -0.25) is 9.59 Å². The molecular formula is C29H32N2O4. The number of hydrogen-bond donors (Lipinski definition) is 1. The van der Waals surface area contributed by atoms with Crippen molar-refractivity contribution < 1.29 is 19.1 Å². The van der Waals surface area contributed by atoms with Crippen LogP contribution >= 0.6 is 0 Å². The van der Waals surface area contributed by atoms with Crippen molar-refractivity contribution in [1.29, 1.82) is 0 Å². The summed E-state index contributed by atoms with van der Waals surface area (Å²) in [5, 5.41) is 3.06. The average molecular weight is 473 g/mol. The molecule has 1 N–H and O–H groups in total. The van der Waals surface area contributed by atoms with E-state index in [0.29, 0.717) is 50.5 Å². The lowest BCUT2D eigenvalue weighted by molar-refractivity contribution is -0.125. The molecule has 1 atom stereocenters. The third-order valence-electron chi connectivity index (χ3n) is 6.12. The second-order valence-corrected chi connectivity index (χ2v) is 8.48. The fourth-order valence-corrected chi connectivity index (χ4v) is 4.41. The van der Waals surface area contributed by atoms with Crippen LogP contribution in [-0.2, 0) is 24.2 Å². The quantitative estimate of drug-likeness (QED) is 0.449. The smallest absolute Gasteiger partial charge is 0.255 e. The van der Waals surface area contributed by atoms with E-state index in [-0.39, 0.29) is 11.8 Å². The van der Waals surface area contributed by atoms with Crippen molar-refractivity contribution in [2.45, 2.75) is 39.3 Å². The number of carbonyl (C=O) groups is 2. The molecule has 182 valence electrons. The molecule has 35 heavy (non-hydrogen) atoms. The maximum absolute atomic E-state index is 13.4. The summed E-state index contributed by atoms with van der Waals surface area (Å²) >= 11 is 0. The molecule has 1 heterocycles. The SMILES string of the molecule is CCOc1ccc(CCNC(=O)C(Cc2ccccc2)N2Cc3ccccc3C2=O)cc1OCC. The Bertz CT molecular complexity index is 1160. The number of ether oxygens (including phenoxy) is 2. The molecule has 6 nitrogen and oxygen atoms in total. The largest absolute Gasteiger partial charge is 0.490 e. The van der Waals surface area contributed by atoms with E-state index < -0.39 is 6.04 Å². The average Bonchev–Trinajstić information content (AvgIpc) is 3.21. The number of carbonyl (C=O) groups excluding carboxylic acids is 2. The summed E-state index contributed by atoms with van der Waals surface area (Å²) in [5.74, 6) is 1.19. The van der Waals surface area contributed by atoms with Gasteiger partial charge in [-0.25, -0.2) is 0 Å². The third kappa shape index (κ3) is 5.83. The van der Waals surface area contributed by atoms with Gasteiger partial charge in [-0.1, -0.05) is 54.6 Å². The van der Waals surface area contributed by atoms with Crippen LogP contribution in [0.4, 0.5) is 0 Å². The van der Waals surface area contributed by atoms with E-state index in [4.69, 9.17) is 9.47 Å². The van der Waals surface area contributed by atoms with Crippen LogP contribution in [0.5, 0.6) is 11.5 Å². The first kappa shape index (κ1) is 24.3. The Balaban J connectivity index is 1.45. The minimum Gasteiger partial charge on any atom is -0.490 e. The molecule has 0 aliphatic carbocycles. The van der Waals surface area contributed by atoms with Crippen LogP contribution in [0, 0.1) is 0 Å². The van der Waals surface area contributed by atoms with Gasteiger partial charge in [0, 0.05) is 25.1 Å². The van der Waals surface area contributed by atoms with Gasteiger partial charge in [0.25, 0.3) is 5.91 Å². The molecule has 4 rings (SSSR count). The number of rotatable bonds is 11. The van der Waals surface area contributed by atoms with Crippen molar-refractivity contribution in [3.8, 4) is 11.5 Å². The van der Waals surface area contributed by atoms with Gasteiger partial charge in [0.15, 0.2) is 11.5 Å². The maximum Gasteiger partial charge on any atom is 0.255 e. The molecule has 0 bridgehead atoms. The van der Waals surface area contributed by atoms with Crippen LogP contribution in [0.3, 0.4) is 0 Å². The Morgan fingerprint density at radius 3 is 2.37 bits per heavy atom. The summed E-state index contributed by atoms with van der Waals surface area (Å²) in [6.45, 7) is 5.89. The molecule has 1 aliphatic rings. The van der Waals surface area contributed by atoms with Crippen LogP contribution < -0.4 is 14.8 Å². The Hall–Kier alpha value is -3.80. The van der Waals surface area contributed by atoms with Crippen LogP contribution in [0.15, 0.2) is 72.8 Å². The number of amides is 2. The molecule has 3 aromatic rings. The Kier molecular flexibility index (Phi) is 8.03. The lowest BCUT2D eigenvalue weighted by atomic mass is 10.0. The topological polar surface area (TPSA) is 67.9 Å². The minimum atomic E-state index is -0.586. The first-order chi connectivity index (χ1) is 17.1. The number of nitrogens with one attached hydrogen (secondary N) is 1. The predicted octanol–water partition coefficient (Wildman–Crippen LogP) is 4.41. The summed E-state index contributed by atoms with van der Waals surface area (Å²) < 4.78 is 11.4. The highest BCUT2D eigenvalue weighted by Gasteiger charge is 2.36. The second-order valence-electron chi connectivity index (χ2n) is 8.48. The normalized spacial score (nSPS) is 13.3. The Morgan fingerprint density at radius 2 is 1.63 bits per heavy atom. The number of hydrogen-bond acceptors (Lipinski definition) is 4. The monoisotopic (exact) mass is 472 g/mol. The first-order valence-corrected chi connectivity index (χ1v) is 12.2. The van der Waals surface area contributed by atoms with Crippen LogP contribution in [0.2, 0.25) is 0 Å². The number of benzene rings is 3. The summed E-state index contributed by atoms with van der Waals surface area (Å²) in [7, 11) is 0. The molecule has 0 saturated carbocycles. The zero-order chi connectivity index (χ0) is 24.6. The molecule has 1 unspecified atom stereocenters. The highest BCUT2D eigenvalue weighted by atomic mass is 16.5. The van der Waals surface area contributed by atoms with Gasteiger partial charge in [0.05, 0.1) is 13.2 Å². The molecule has 0 saturated heterocycles. The van der Waals surface area contributed by atoms with E-state index in [2.05, 4.69) is 5.32 Å².